The largest absolute Gasteiger partial charge is 0.405 e. The summed E-state index contributed by atoms with van der Waals surface area (Å²) in [5, 5.41) is 4.74. The van der Waals surface area contributed by atoms with Crippen LogP contribution in [0.1, 0.15) is 16.8 Å². The van der Waals surface area contributed by atoms with E-state index in [0.717, 1.165) is 12.5 Å². The summed E-state index contributed by atoms with van der Waals surface area (Å²) >= 11 is 0. The quantitative estimate of drug-likeness (QED) is 0.779. The number of nitrogens with one attached hydrogen (secondary N) is 2. The molecule has 1 aliphatic rings. The second-order valence-corrected chi connectivity index (χ2v) is 7.84. The lowest BCUT2D eigenvalue weighted by Gasteiger charge is -2.17. The topological polar surface area (TPSA) is 78.5 Å². The normalized spacial score (nSPS) is 19.1. The Morgan fingerprint density at radius 3 is 2.72 bits per heavy atom. The molecule has 0 bridgehead atoms. The molecule has 0 spiro atoms. The number of rotatable bonds is 6. The fourth-order valence-electron chi connectivity index (χ4n) is 2.70. The number of alkyl halides is 3. The zero-order valence-electron chi connectivity index (χ0n) is 13.6. The number of hydrogen-bond acceptors (Lipinski definition) is 4. The lowest BCUT2D eigenvalue weighted by Crippen LogP contribution is -2.34. The van der Waals surface area contributed by atoms with Crippen molar-refractivity contribution in [2.75, 3.05) is 33.2 Å². The van der Waals surface area contributed by atoms with Gasteiger partial charge in [-0.05, 0) is 44.1 Å². The van der Waals surface area contributed by atoms with Crippen LogP contribution in [-0.2, 0) is 10.0 Å². The summed E-state index contributed by atoms with van der Waals surface area (Å²) in [6, 6.07) is 5.06. The molecule has 0 aliphatic carbocycles. The lowest BCUT2D eigenvalue weighted by molar-refractivity contribution is -0.123. The molecule has 1 aromatic carbocycles. The molecule has 2 rings (SSSR count). The number of carbonyl (C=O) groups excluding carboxylic acids is 1. The highest BCUT2D eigenvalue weighted by atomic mass is 32.2. The number of hydrogen-bond donors (Lipinski definition) is 2. The van der Waals surface area contributed by atoms with Gasteiger partial charge in [0.05, 0.1) is 4.90 Å². The summed E-state index contributed by atoms with van der Waals surface area (Å²) in [6.45, 7) is -0.0284. The number of carbonyl (C=O) groups is 1. The predicted molar refractivity (Wildman–Crippen MR) is 85.6 cm³/mol. The number of sulfonamides is 1. The van der Waals surface area contributed by atoms with Crippen molar-refractivity contribution in [2.45, 2.75) is 17.5 Å². The van der Waals surface area contributed by atoms with Crippen LogP contribution in [0.25, 0.3) is 0 Å². The Labute approximate surface area is 144 Å². The van der Waals surface area contributed by atoms with Gasteiger partial charge in [0, 0.05) is 18.7 Å². The molecule has 25 heavy (non-hydrogen) atoms. The van der Waals surface area contributed by atoms with Crippen molar-refractivity contribution >= 4 is 15.9 Å². The van der Waals surface area contributed by atoms with Crippen molar-refractivity contribution in [1.82, 2.24) is 14.9 Å². The molecule has 1 amide bonds. The molecule has 1 unspecified atom stereocenters. The van der Waals surface area contributed by atoms with Gasteiger partial charge in [-0.1, -0.05) is 6.07 Å². The third kappa shape index (κ3) is 5.16. The van der Waals surface area contributed by atoms with Crippen LogP contribution in [0.3, 0.4) is 0 Å². The average molecular weight is 379 g/mol. The molecule has 10 heteroatoms. The van der Waals surface area contributed by atoms with Crippen molar-refractivity contribution in [2.24, 2.45) is 5.92 Å². The summed E-state index contributed by atoms with van der Waals surface area (Å²) in [5.41, 5.74) is -0.128. The fraction of sp³-hybridized carbons (Fsp3) is 0.533. The van der Waals surface area contributed by atoms with Gasteiger partial charge in [0.25, 0.3) is 5.91 Å². The van der Waals surface area contributed by atoms with E-state index in [4.69, 9.17) is 0 Å². The molecule has 1 aliphatic heterocycles. The molecule has 6 nitrogen and oxygen atoms in total. The summed E-state index contributed by atoms with van der Waals surface area (Å²) < 4.78 is 63.2. The first-order valence-electron chi connectivity index (χ1n) is 7.73. The van der Waals surface area contributed by atoms with E-state index in [-0.39, 0.29) is 16.4 Å². The summed E-state index contributed by atoms with van der Waals surface area (Å²) in [6.07, 6.45) is -3.80. The Bertz CT molecular complexity index is 722. The van der Waals surface area contributed by atoms with Crippen LogP contribution in [0.5, 0.6) is 0 Å². The minimum atomic E-state index is -4.53. The second-order valence-electron chi connectivity index (χ2n) is 5.90. The molecule has 0 aromatic heterocycles. The molecule has 0 saturated carbocycles. The first-order valence-corrected chi connectivity index (χ1v) is 9.17. The molecule has 1 atom stereocenters. The highest BCUT2D eigenvalue weighted by molar-refractivity contribution is 7.89. The lowest BCUT2D eigenvalue weighted by atomic mass is 10.1. The van der Waals surface area contributed by atoms with Crippen molar-refractivity contribution < 1.29 is 26.4 Å². The molecule has 140 valence electrons. The van der Waals surface area contributed by atoms with E-state index in [1.54, 1.807) is 12.4 Å². The highest BCUT2D eigenvalue weighted by Crippen LogP contribution is 2.24. The number of halogens is 3. The molecule has 2 N–H and O–H groups in total. The maximum atomic E-state index is 12.7. The number of amides is 1. The SMILES string of the molecule is CNCC1CCN(S(=O)(=O)c2cccc(C(=O)NCC(F)(F)F)c2)C1. The Balaban J connectivity index is 2.13. The van der Waals surface area contributed by atoms with E-state index in [1.165, 1.54) is 22.5 Å². The molecular formula is C15H20F3N3O3S. The predicted octanol–water partition coefficient (Wildman–Crippen LogP) is 1.21. The maximum absolute atomic E-state index is 12.7. The molecule has 1 aromatic rings. The summed E-state index contributed by atoms with van der Waals surface area (Å²) in [4.78, 5) is 11.7. The molecule has 1 heterocycles. The van der Waals surface area contributed by atoms with Gasteiger partial charge in [-0.25, -0.2) is 8.42 Å². The summed E-state index contributed by atoms with van der Waals surface area (Å²) in [7, 11) is -1.99. The van der Waals surface area contributed by atoms with Gasteiger partial charge in [0.1, 0.15) is 6.54 Å². The highest BCUT2D eigenvalue weighted by Gasteiger charge is 2.33. The van der Waals surface area contributed by atoms with Crippen molar-refractivity contribution in [3.63, 3.8) is 0 Å². The minimum Gasteiger partial charge on any atom is -0.343 e. The Morgan fingerprint density at radius 1 is 1.36 bits per heavy atom. The van der Waals surface area contributed by atoms with Gasteiger partial charge >= 0.3 is 6.18 Å². The van der Waals surface area contributed by atoms with Crippen LogP contribution >= 0.6 is 0 Å². The van der Waals surface area contributed by atoms with E-state index >= 15 is 0 Å². The van der Waals surface area contributed by atoms with Crippen LogP contribution in [-0.4, -0.2) is 58.0 Å². The van der Waals surface area contributed by atoms with E-state index in [9.17, 15) is 26.4 Å². The van der Waals surface area contributed by atoms with Crippen LogP contribution in [0.15, 0.2) is 29.2 Å². The summed E-state index contributed by atoms with van der Waals surface area (Å²) in [5.74, 6) is -0.762. The number of benzene rings is 1. The Morgan fingerprint density at radius 2 is 2.08 bits per heavy atom. The van der Waals surface area contributed by atoms with Crippen molar-refractivity contribution in [3.8, 4) is 0 Å². The van der Waals surface area contributed by atoms with Crippen LogP contribution < -0.4 is 10.6 Å². The number of nitrogens with zero attached hydrogens (tertiary/aromatic N) is 1. The standard InChI is InChI=1S/C15H20F3N3O3S/c1-19-8-11-5-6-21(9-11)25(23,24)13-4-2-3-12(7-13)14(22)20-10-15(16,17)18/h2-4,7,11,19H,5-6,8-10H2,1H3,(H,20,22). The van der Waals surface area contributed by atoms with Gasteiger partial charge in [-0.15, -0.1) is 0 Å². The first-order chi connectivity index (χ1) is 11.6. The molecule has 1 saturated heterocycles. The zero-order chi connectivity index (χ0) is 18.7. The smallest absolute Gasteiger partial charge is 0.343 e. The van der Waals surface area contributed by atoms with E-state index < -0.39 is 28.7 Å². The Kier molecular flexibility index (Phi) is 6.07. The van der Waals surface area contributed by atoms with Gasteiger partial charge in [-0.3, -0.25) is 4.79 Å². The molecular weight excluding hydrogens is 359 g/mol. The second kappa shape index (κ2) is 7.71. The third-order valence-electron chi connectivity index (χ3n) is 3.92. The average Bonchev–Trinajstić information content (AvgIpc) is 3.02. The van der Waals surface area contributed by atoms with Crippen LogP contribution in [0.4, 0.5) is 13.2 Å². The van der Waals surface area contributed by atoms with Gasteiger partial charge in [-0.2, -0.15) is 17.5 Å². The minimum absolute atomic E-state index is 0.0998. The van der Waals surface area contributed by atoms with Crippen LogP contribution in [0.2, 0.25) is 0 Å². The van der Waals surface area contributed by atoms with E-state index in [1.807, 2.05) is 0 Å². The van der Waals surface area contributed by atoms with Gasteiger partial charge in [0.15, 0.2) is 0 Å². The van der Waals surface area contributed by atoms with Crippen molar-refractivity contribution in [1.29, 1.82) is 0 Å². The fourth-order valence-corrected chi connectivity index (χ4v) is 4.28. The maximum Gasteiger partial charge on any atom is 0.405 e. The van der Waals surface area contributed by atoms with Gasteiger partial charge < -0.3 is 10.6 Å². The van der Waals surface area contributed by atoms with Crippen LogP contribution in [0, 0.1) is 5.92 Å². The first kappa shape index (κ1) is 19.7. The third-order valence-corrected chi connectivity index (χ3v) is 5.79. The van der Waals surface area contributed by atoms with E-state index in [0.29, 0.717) is 19.6 Å². The Hall–Kier alpha value is -1.65. The zero-order valence-corrected chi connectivity index (χ0v) is 14.5. The monoisotopic (exact) mass is 379 g/mol. The van der Waals surface area contributed by atoms with Gasteiger partial charge in [0.2, 0.25) is 10.0 Å². The molecule has 1 fully saturated rings. The van der Waals surface area contributed by atoms with E-state index in [2.05, 4.69) is 5.32 Å². The van der Waals surface area contributed by atoms with Crippen molar-refractivity contribution in [3.05, 3.63) is 29.8 Å². The molecule has 0 radical (unpaired) electrons.